The molecule has 1 fully saturated rings. The van der Waals surface area contributed by atoms with Crippen LogP contribution in [0, 0.1) is 0 Å². The Hall–Kier alpha value is -0.820. The van der Waals surface area contributed by atoms with Crippen molar-refractivity contribution in [2.24, 2.45) is 4.99 Å². The minimum absolute atomic E-state index is 0.0666. The molecule has 0 heterocycles. The molecule has 1 aliphatic carbocycles. The van der Waals surface area contributed by atoms with Gasteiger partial charge in [0.1, 0.15) is 9.84 Å². The van der Waals surface area contributed by atoms with Crippen LogP contribution in [0.5, 0.6) is 0 Å². The lowest BCUT2D eigenvalue weighted by atomic mass is 10.6. The Balaban J connectivity index is 2.11. The van der Waals surface area contributed by atoms with Gasteiger partial charge in [-0.05, 0) is 19.8 Å². The van der Waals surface area contributed by atoms with Crippen LogP contribution in [0.25, 0.3) is 0 Å². The highest BCUT2D eigenvalue weighted by Gasteiger charge is 2.21. The number of sulfone groups is 1. The zero-order valence-electron chi connectivity index (χ0n) is 11.1. The molecule has 106 valence electrons. The second-order valence-electron chi connectivity index (χ2n) is 4.42. The van der Waals surface area contributed by atoms with E-state index < -0.39 is 9.84 Å². The third-order valence-electron chi connectivity index (χ3n) is 2.37. The summed E-state index contributed by atoms with van der Waals surface area (Å²) in [4.78, 5) is 4.35. The monoisotopic (exact) mass is 277 g/mol. The van der Waals surface area contributed by atoms with E-state index in [1.807, 2.05) is 6.92 Å². The fourth-order valence-electron chi connectivity index (χ4n) is 1.28. The minimum Gasteiger partial charge on any atom is -0.378 e. The van der Waals surface area contributed by atoms with Crippen LogP contribution in [0.4, 0.5) is 0 Å². The number of ether oxygens (including phenoxy) is 1. The number of guanidine groups is 1. The van der Waals surface area contributed by atoms with E-state index in [1.165, 1.54) is 19.1 Å². The van der Waals surface area contributed by atoms with E-state index in [2.05, 4.69) is 15.6 Å². The van der Waals surface area contributed by atoms with Crippen molar-refractivity contribution in [1.82, 2.24) is 10.6 Å². The fraction of sp³-hybridized carbons (Fsp3) is 0.909. The van der Waals surface area contributed by atoms with E-state index in [9.17, 15) is 8.42 Å². The first kappa shape index (κ1) is 15.2. The van der Waals surface area contributed by atoms with Crippen molar-refractivity contribution in [3.63, 3.8) is 0 Å². The molecule has 0 aromatic heterocycles. The summed E-state index contributed by atoms with van der Waals surface area (Å²) in [6.45, 7) is 4.06. The maximum Gasteiger partial charge on any atom is 0.191 e. The normalized spacial score (nSPS) is 16.7. The summed E-state index contributed by atoms with van der Waals surface area (Å²) in [5, 5.41) is 6.45. The zero-order chi connectivity index (χ0) is 13.4. The molecule has 2 N–H and O–H groups in total. The Morgan fingerprint density at radius 3 is 2.67 bits per heavy atom. The first-order valence-electron chi connectivity index (χ1n) is 6.31. The fourth-order valence-corrected chi connectivity index (χ4v) is 1.70. The molecule has 0 atom stereocenters. The van der Waals surface area contributed by atoms with Crippen LogP contribution in [0.1, 0.15) is 19.8 Å². The SMILES string of the molecule is CCNC(=NCCOCCS(C)(=O)=O)NC1CC1. The number of hydrogen-bond acceptors (Lipinski definition) is 4. The van der Waals surface area contributed by atoms with Gasteiger partial charge in [0.05, 0.1) is 25.5 Å². The molecule has 1 saturated carbocycles. The molecule has 0 bridgehead atoms. The van der Waals surface area contributed by atoms with E-state index in [-0.39, 0.29) is 12.4 Å². The van der Waals surface area contributed by atoms with Gasteiger partial charge < -0.3 is 15.4 Å². The molecule has 0 aromatic carbocycles. The van der Waals surface area contributed by atoms with Crippen LogP contribution < -0.4 is 10.6 Å². The van der Waals surface area contributed by atoms with Crippen LogP contribution in [0.3, 0.4) is 0 Å². The largest absolute Gasteiger partial charge is 0.378 e. The average molecular weight is 277 g/mol. The van der Waals surface area contributed by atoms with Crippen molar-refractivity contribution < 1.29 is 13.2 Å². The number of aliphatic imine (C=N–C) groups is 1. The van der Waals surface area contributed by atoms with E-state index in [4.69, 9.17) is 4.74 Å². The van der Waals surface area contributed by atoms with E-state index in [0.717, 1.165) is 12.5 Å². The van der Waals surface area contributed by atoms with Crippen molar-refractivity contribution in [3.8, 4) is 0 Å². The summed E-state index contributed by atoms with van der Waals surface area (Å²) in [6.07, 6.45) is 3.61. The number of nitrogens with zero attached hydrogens (tertiary/aromatic N) is 1. The predicted molar refractivity (Wildman–Crippen MR) is 72.7 cm³/mol. The summed E-state index contributed by atoms with van der Waals surface area (Å²) >= 11 is 0. The topological polar surface area (TPSA) is 79.8 Å². The number of rotatable bonds is 8. The zero-order valence-corrected chi connectivity index (χ0v) is 11.9. The maximum atomic E-state index is 10.9. The highest BCUT2D eigenvalue weighted by molar-refractivity contribution is 7.90. The molecule has 18 heavy (non-hydrogen) atoms. The van der Waals surface area contributed by atoms with Crippen molar-refractivity contribution in [2.75, 3.05) is 38.3 Å². The molecule has 1 rings (SSSR count). The molecule has 7 heteroatoms. The van der Waals surface area contributed by atoms with E-state index in [0.29, 0.717) is 19.2 Å². The molecule has 0 radical (unpaired) electrons. The summed E-state index contributed by atoms with van der Waals surface area (Å²) in [6, 6.07) is 0.564. The molecule has 0 unspecified atom stereocenters. The minimum atomic E-state index is -2.93. The Morgan fingerprint density at radius 1 is 1.39 bits per heavy atom. The first-order chi connectivity index (χ1) is 8.51. The van der Waals surface area contributed by atoms with Gasteiger partial charge in [0, 0.05) is 18.8 Å². The van der Waals surface area contributed by atoms with Crippen molar-refractivity contribution in [1.29, 1.82) is 0 Å². The first-order valence-corrected chi connectivity index (χ1v) is 8.37. The van der Waals surface area contributed by atoms with Crippen molar-refractivity contribution in [2.45, 2.75) is 25.8 Å². The van der Waals surface area contributed by atoms with Gasteiger partial charge in [-0.2, -0.15) is 0 Å². The predicted octanol–water partition coefficient (Wildman–Crippen LogP) is -0.235. The standard InChI is InChI=1S/C11H23N3O3S/c1-3-12-11(14-10-4-5-10)13-6-7-17-8-9-18(2,15)16/h10H,3-9H2,1-2H3,(H2,12,13,14). The highest BCUT2D eigenvalue weighted by atomic mass is 32.2. The third-order valence-corrected chi connectivity index (χ3v) is 3.27. The van der Waals surface area contributed by atoms with Gasteiger partial charge in [-0.25, -0.2) is 8.42 Å². The second-order valence-corrected chi connectivity index (χ2v) is 6.68. The van der Waals surface area contributed by atoms with Crippen LogP contribution >= 0.6 is 0 Å². The Morgan fingerprint density at radius 2 is 2.11 bits per heavy atom. The Labute approximate surface area is 109 Å². The lowest BCUT2D eigenvalue weighted by Crippen LogP contribution is -2.38. The maximum absolute atomic E-state index is 10.9. The quantitative estimate of drug-likeness (QED) is 0.364. The Kier molecular flexibility index (Phi) is 6.42. The van der Waals surface area contributed by atoms with Crippen LogP contribution in [0.2, 0.25) is 0 Å². The molecule has 0 saturated heterocycles. The molecule has 1 aliphatic rings. The summed E-state index contributed by atoms with van der Waals surface area (Å²) < 4.78 is 26.9. The molecular weight excluding hydrogens is 254 g/mol. The van der Waals surface area contributed by atoms with E-state index >= 15 is 0 Å². The van der Waals surface area contributed by atoms with Gasteiger partial charge in [-0.1, -0.05) is 0 Å². The van der Waals surface area contributed by atoms with Crippen LogP contribution in [-0.4, -0.2) is 58.7 Å². The molecular formula is C11H23N3O3S. The van der Waals surface area contributed by atoms with Gasteiger partial charge in [-0.3, -0.25) is 4.99 Å². The van der Waals surface area contributed by atoms with Gasteiger partial charge in [0.25, 0.3) is 0 Å². The lowest BCUT2D eigenvalue weighted by Gasteiger charge is -2.10. The lowest BCUT2D eigenvalue weighted by molar-refractivity contribution is 0.157. The van der Waals surface area contributed by atoms with Gasteiger partial charge >= 0.3 is 0 Å². The number of nitrogens with one attached hydrogen (secondary N) is 2. The average Bonchev–Trinajstić information content (AvgIpc) is 3.05. The third kappa shape index (κ3) is 8.30. The Bertz CT molecular complexity index is 364. The van der Waals surface area contributed by atoms with Crippen LogP contribution in [0.15, 0.2) is 4.99 Å². The van der Waals surface area contributed by atoms with Gasteiger partial charge in [0.15, 0.2) is 5.96 Å². The highest BCUT2D eigenvalue weighted by Crippen LogP contribution is 2.18. The molecule has 0 aliphatic heterocycles. The molecule has 0 amide bonds. The molecule has 0 aromatic rings. The summed E-state index contributed by atoms with van der Waals surface area (Å²) in [5.41, 5.74) is 0. The smallest absolute Gasteiger partial charge is 0.191 e. The van der Waals surface area contributed by atoms with Gasteiger partial charge in [-0.15, -0.1) is 0 Å². The summed E-state index contributed by atoms with van der Waals surface area (Å²) in [5.74, 6) is 0.878. The second kappa shape index (κ2) is 7.58. The van der Waals surface area contributed by atoms with Gasteiger partial charge in [0.2, 0.25) is 0 Å². The van der Waals surface area contributed by atoms with E-state index in [1.54, 1.807) is 0 Å². The van der Waals surface area contributed by atoms with Crippen LogP contribution in [-0.2, 0) is 14.6 Å². The molecule has 0 spiro atoms. The van der Waals surface area contributed by atoms with Crippen molar-refractivity contribution >= 4 is 15.8 Å². The summed E-state index contributed by atoms with van der Waals surface area (Å²) in [7, 11) is -2.93. The molecule has 6 nitrogen and oxygen atoms in total. The number of hydrogen-bond donors (Lipinski definition) is 2. The van der Waals surface area contributed by atoms with Crippen molar-refractivity contribution in [3.05, 3.63) is 0 Å².